The molecule has 1 heterocycles. The van der Waals surface area contributed by atoms with Gasteiger partial charge in [-0.2, -0.15) is 4.99 Å². The smallest absolute Gasteiger partial charge is 0.248 e. The van der Waals surface area contributed by atoms with E-state index in [2.05, 4.69) is 36.0 Å². The largest absolute Gasteiger partial charge is 0.305 e. The maximum atomic E-state index is 11.7. The highest BCUT2D eigenvalue weighted by atomic mass is 32.1. The first kappa shape index (κ1) is 14.5. The molecule has 2 aromatic rings. The topological polar surface area (TPSA) is 34.4 Å². The molecule has 0 aliphatic rings. The molecule has 0 saturated heterocycles. The number of aromatic nitrogens is 1. The number of hydrogen-bond donors (Lipinski definition) is 0. The van der Waals surface area contributed by atoms with Gasteiger partial charge in [0.1, 0.15) is 0 Å². The van der Waals surface area contributed by atoms with Gasteiger partial charge >= 0.3 is 0 Å². The number of fused-ring (bicyclic) bond motifs is 1. The molecule has 0 aliphatic heterocycles. The minimum atomic E-state index is -0.0828. The van der Waals surface area contributed by atoms with Crippen molar-refractivity contribution in [1.29, 1.82) is 0 Å². The Morgan fingerprint density at radius 3 is 2.90 bits per heavy atom. The van der Waals surface area contributed by atoms with Gasteiger partial charge < -0.3 is 4.57 Å². The van der Waals surface area contributed by atoms with Crippen LogP contribution in [0.3, 0.4) is 0 Å². The van der Waals surface area contributed by atoms with E-state index >= 15 is 0 Å². The van der Waals surface area contributed by atoms with E-state index in [9.17, 15) is 4.79 Å². The molecule has 104 valence electrons. The molecule has 0 saturated carbocycles. The van der Waals surface area contributed by atoms with Crippen molar-refractivity contribution in [3.05, 3.63) is 28.6 Å². The lowest BCUT2D eigenvalue weighted by molar-refractivity contribution is -0.118. The number of carbonyl (C=O) groups excluding carboxylic acids is 1. The zero-order valence-electron chi connectivity index (χ0n) is 11.8. The molecule has 0 spiro atoms. The number of nitrogens with zero attached hydrogens (tertiary/aromatic N) is 2. The van der Waals surface area contributed by atoms with E-state index in [0.717, 1.165) is 23.1 Å². The standard InChI is InChI=1S/C16H18N2OS/c1-4-7-15(19)17-16-18(10-5-2)13-9-8-12(6-3)11-14(13)20-16/h2,8-9,11H,4,6-7,10H2,1,3H3. The van der Waals surface area contributed by atoms with Crippen LogP contribution in [0.15, 0.2) is 23.2 Å². The average Bonchev–Trinajstić information content (AvgIpc) is 2.76. The van der Waals surface area contributed by atoms with Crippen molar-refractivity contribution in [1.82, 2.24) is 4.57 Å². The molecule has 0 N–H and O–H groups in total. The summed E-state index contributed by atoms with van der Waals surface area (Å²) in [5.41, 5.74) is 2.33. The molecular weight excluding hydrogens is 268 g/mol. The summed E-state index contributed by atoms with van der Waals surface area (Å²) in [6.07, 6.45) is 7.71. The second-order valence-corrected chi connectivity index (χ2v) is 5.60. The van der Waals surface area contributed by atoms with Gasteiger partial charge in [-0.05, 0) is 30.5 Å². The molecule has 0 radical (unpaired) electrons. The van der Waals surface area contributed by atoms with Gasteiger partial charge in [0, 0.05) is 6.42 Å². The Bertz CT molecular complexity index is 731. The first-order valence-electron chi connectivity index (χ1n) is 6.82. The zero-order chi connectivity index (χ0) is 14.5. The van der Waals surface area contributed by atoms with Crippen molar-refractivity contribution >= 4 is 27.5 Å². The lowest BCUT2D eigenvalue weighted by Crippen LogP contribution is -2.16. The van der Waals surface area contributed by atoms with E-state index in [1.54, 1.807) is 0 Å². The number of terminal acetylenes is 1. The van der Waals surface area contributed by atoms with Crippen molar-refractivity contribution in [2.45, 2.75) is 39.7 Å². The van der Waals surface area contributed by atoms with Gasteiger partial charge in [-0.1, -0.05) is 37.2 Å². The van der Waals surface area contributed by atoms with Crippen LogP contribution in [0.4, 0.5) is 0 Å². The SMILES string of the molecule is C#CCn1c(=NC(=O)CCC)sc2cc(CC)ccc21. The van der Waals surface area contributed by atoms with Crippen molar-refractivity contribution in [3.8, 4) is 12.3 Å². The van der Waals surface area contributed by atoms with Crippen LogP contribution in [0.2, 0.25) is 0 Å². The number of rotatable bonds is 4. The summed E-state index contributed by atoms with van der Waals surface area (Å²) < 4.78 is 3.06. The first-order valence-corrected chi connectivity index (χ1v) is 7.64. The van der Waals surface area contributed by atoms with Gasteiger partial charge in [-0.25, -0.2) is 0 Å². The van der Waals surface area contributed by atoms with Crippen LogP contribution in [-0.4, -0.2) is 10.5 Å². The third kappa shape index (κ3) is 3.00. The highest BCUT2D eigenvalue weighted by molar-refractivity contribution is 7.16. The summed E-state index contributed by atoms with van der Waals surface area (Å²) >= 11 is 1.53. The maximum absolute atomic E-state index is 11.7. The van der Waals surface area contributed by atoms with Crippen LogP contribution in [-0.2, 0) is 17.8 Å². The van der Waals surface area contributed by atoms with E-state index in [1.807, 2.05) is 11.5 Å². The van der Waals surface area contributed by atoms with Crippen molar-refractivity contribution in [2.24, 2.45) is 4.99 Å². The molecule has 3 nitrogen and oxygen atoms in total. The number of benzene rings is 1. The number of hydrogen-bond acceptors (Lipinski definition) is 2. The van der Waals surface area contributed by atoms with Crippen molar-refractivity contribution in [2.75, 3.05) is 0 Å². The summed E-state index contributed by atoms with van der Waals surface area (Å²) in [5, 5.41) is 0. The molecule has 1 amide bonds. The second-order valence-electron chi connectivity index (χ2n) is 4.59. The highest BCUT2D eigenvalue weighted by Gasteiger charge is 2.07. The molecule has 0 fully saturated rings. The Morgan fingerprint density at radius 1 is 1.45 bits per heavy atom. The number of amides is 1. The second kappa shape index (κ2) is 6.53. The molecule has 20 heavy (non-hydrogen) atoms. The monoisotopic (exact) mass is 286 g/mol. The Hall–Kier alpha value is -1.86. The predicted molar refractivity (Wildman–Crippen MR) is 83.5 cm³/mol. The van der Waals surface area contributed by atoms with Crippen molar-refractivity contribution < 1.29 is 4.79 Å². The Kier molecular flexibility index (Phi) is 4.75. The molecule has 2 rings (SSSR count). The van der Waals surface area contributed by atoms with Crippen LogP contribution in [0, 0.1) is 12.3 Å². The Balaban J connectivity index is 2.61. The lowest BCUT2D eigenvalue weighted by Gasteiger charge is -2.00. The van der Waals surface area contributed by atoms with Crippen molar-refractivity contribution in [3.63, 3.8) is 0 Å². The fourth-order valence-corrected chi connectivity index (χ4v) is 3.15. The number of aryl methyl sites for hydroxylation is 1. The van der Waals surface area contributed by atoms with Gasteiger partial charge in [0.15, 0.2) is 4.80 Å². The fraction of sp³-hybridized carbons (Fsp3) is 0.375. The van der Waals surface area contributed by atoms with E-state index in [0.29, 0.717) is 17.8 Å². The van der Waals surface area contributed by atoms with Gasteiger partial charge in [0.2, 0.25) is 5.91 Å². The normalized spacial score (nSPS) is 11.8. The van der Waals surface area contributed by atoms with E-state index in [4.69, 9.17) is 6.42 Å². The summed E-state index contributed by atoms with van der Waals surface area (Å²) in [5.74, 6) is 2.55. The summed E-state index contributed by atoms with van der Waals surface area (Å²) in [6.45, 7) is 4.53. The summed E-state index contributed by atoms with van der Waals surface area (Å²) in [7, 11) is 0. The van der Waals surface area contributed by atoms with E-state index < -0.39 is 0 Å². The summed E-state index contributed by atoms with van der Waals surface area (Å²) in [6, 6.07) is 6.31. The Labute approximate surface area is 123 Å². The minimum absolute atomic E-state index is 0.0828. The molecule has 4 heteroatoms. The molecule has 1 aromatic heterocycles. The number of carbonyl (C=O) groups is 1. The van der Waals surface area contributed by atoms with Crippen LogP contribution in [0.1, 0.15) is 32.3 Å². The molecule has 0 unspecified atom stereocenters. The van der Waals surface area contributed by atoms with E-state index in [1.165, 1.54) is 16.9 Å². The van der Waals surface area contributed by atoms with Gasteiger partial charge in [0.05, 0.1) is 16.8 Å². The van der Waals surface area contributed by atoms with Crippen LogP contribution < -0.4 is 4.80 Å². The van der Waals surface area contributed by atoms with Crippen LogP contribution in [0.5, 0.6) is 0 Å². The number of thiazole rings is 1. The lowest BCUT2D eigenvalue weighted by atomic mass is 10.2. The summed E-state index contributed by atoms with van der Waals surface area (Å²) in [4.78, 5) is 16.6. The van der Waals surface area contributed by atoms with Crippen LogP contribution in [0.25, 0.3) is 10.2 Å². The zero-order valence-corrected chi connectivity index (χ0v) is 12.7. The maximum Gasteiger partial charge on any atom is 0.248 e. The highest BCUT2D eigenvalue weighted by Crippen LogP contribution is 2.19. The predicted octanol–water partition coefficient (Wildman–Crippen LogP) is 3.13. The molecule has 0 bridgehead atoms. The quantitative estimate of drug-likeness (QED) is 0.795. The van der Waals surface area contributed by atoms with Gasteiger partial charge in [-0.3, -0.25) is 4.79 Å². The van der Waals surface area contributed by atoms with Crippen LogP contribution >= 0.6 is 11.3 Å². The molecule has 0 atom stereocenters. The average molecular weight is 286 g/mol. The first-order chi connectivity index (χ1) is 9.69. The Morgan fingerprint density at radius 2 is 2.25 bits per heavy atom. The van der Waals surface area contributed by atoms with Gasteiger partial charge in [0.25, 0.3) is 0 Å². The third-order valence-corrected chi connectivity index (χ3v) is 4.13. The fourth-order valence-electron chi connectivity index (χ4n) is 2.04. The molecular formula is C16H18N2OS. The minimum Gasteiger partial charge on any atom is -0.305 e. The van der Waals surface area contributed by atoms with E-state index in [-0.39, 0.29) is 5.91 Å². The molecule has 0 aliphatic carbocycles. The molecule has 1 aromatic carbocycles. The van der Waals surface area contributed by atoms with Gasteiger partial charge in [-0.15, -0.1) is 6.42 Å². The third-order valence-electron chi connectivity index (χ3n) is 3.09.